The summed E-state index contributed by atoms with van der Waals surface area (Å²) in [5.74, 6) is 0. The van der Waals surface area contributed by atoms with E-state index in [1.54, 1.807) is 0 Å². The average Bonchev–Trinajstić information content (AvgIpc) is 2.90. The number of hydrogen-bond donors (Lipinski definition) is 1. The Morgan fingerprint density at radius 3 is 1.33 bits per heavy atom. The average molecular weight is 429 g/mol. The maximum Gasteiger partial charge on any atom is 0.213 e. The van der Waals surface area contributed by atoms with Gasteiger partial charge in [0.2, 0.25) is 11.4 Å². The summed E-state index contributed by atoms with van der Waals surface area (Å²) in [4.78, 5) is 0. The summed E-state index contributed by atoms with van der Waals surface area (Å²) in [5.41, 5.74) is 9.21. The van der Waals surface area contributed by atoms with Gasteiger partial charge in [-0.2, -0.15) is 4.57 Å². The molecule has 0 spiro atoms. The van der Waals surface area contributed by atoms with Crippen LogP contribution < -0.4 is 4.57 Å². The van der Waals surface area contributed by atoms with Crippen LogP contribution in [0.15, 0.2) is 127 Å². The van der Waals surface area contributed by atoms with Gasteiger partial charge in [-0.25, -0.2) is 0 Å². The molecule has 0 saturated carbocycles. The zero-order chi connectivity index (χ0) is 22.5. The second kappa shape index (κ2) is 9.64. The number of pyridine rings is 1. The molecule has 5 rings (SSSR count). The lowest BCUT2D eigenvalue weighted by atomic mass is 9.98. The highest BCUT2D eigenvalue weighted by Crippen LogP contribution is 2.29. The molecule has 0 amide bonds. The summed E-state index contributed by atoms with van der Waals surface area (Å²) in [6, 6.07) is 44.5. The third kappa shape index (κ3) is 4.62. The van der Waals surface area contributed by atoms with Gasteiger partial charge in [-0.15, -0.1) is 0 Å². The van der Waals surface area contributed by atoms with Crippen molar-refractivity contribution in [2.75, 3.05) is 0 Å². The molecule has 0 aliphatic rings. The molecule has 0 radical (unpaired) electrons. The minimum atomic E-state index is 0.0593. The Hall–Kier alpha value is -4.01. The maximum absolute atomic E-state index is 9.44. The number of hydrogen-bond acceptors (Lipinski definition) is 1. The van der Waals surface area contributed by atoms with E-state index < -0.39 is 0 Å². The fraction of sp³-hybridized carbons (Fsp3) is 0.0645. The number of aliphatic hydroxyl groups is 1. The first-order valence-electron chi connectivity index (χ1n) is 11.2. The van der Waals surface area contributed by atoms with Crippen molar-refractivity contribution in [2.45, 2.75) is 13.2 Å². The Balaban J connectivity index is 1.75. The van der Waals surface area contributed by atoms with E-state index in [4.69, 9.17) is 0 Å². The lowest BCUT2D eigenvalue weighted by Gasteiger charge is -2.13. The Kier molecular flexibility index (Phi) is 6.10. The van der Waals surface area contributed by atoms with E-state index in [1.165, 1.54) is 39.2 Å². The smallest absolute Gasteiger partial charge is 0.213 e. The van der Waals surface area contributed by atoms with Crippen LogP contribution in [0.1, 0.15) is 11.1 Å². The lowest BCUT2D eigenvalue weighted by Crippen LogP contribution is -2.39. The maximum atomic E-state index is 9.44. The molecule has 5 aromatic rings. The molecule has 4 aromatic carbocycles. The highest BCUT2D eigenvalue weighted by atomic mass is 16.3. The Morgan fingerprint density at radius 2 is 0.879 bits per heavy atom. The van der Waals surface area contributed by atoms with Gasteiger partial charge in [0.05, 0.1) is 6.61 Å². The molecule has 0 aliphatic heterocycles. The molecule has 1 aromatic heterocycles. The summed E-state index contributed by atoms with van der Waals surface area (Å²) < 4.78 is 2.39. The molecular weight excluding hydrogens is 402 g/mol. The van der Waals surface area contributed by atoms with Gasteiger partial charge in [0.25, 0.3) is 0 Å². The summed E-state index contributed by atoms with van der Waals surface area (Å²) in [7, 11) is 0. The van der Waals surface area contributed by atoms with Gasteiger partial charge < -0.3 is 5.11 Å². The van der Waals surface area contributed by atoms with Crippen LogP contribution in [0.5, 0.6) is 0 Å². The van der Waals surface area contributed by atoms with Crippen molar-refractivity contribution < 1.29 is 9.67 Å². The van der Waals surface area contributed by atoms with Gasteiger partial charge in [-0.3, -0.25) is 0 Å². The van der Waals surface area contributed by atoms with Crippen molar-refractivity contribution in [3.8, 4) is 33.6 Å². The summed E-state index contributed by atoms with van der Waals surface area (Å²) in [6.07, 6.45) is 0. The fourth-order valence-electron chi connectivity index (χ4n) is 4.22. The number of rotatable bonds is 6. The standard InChI is InChI=1S/C31H26NO/c33-23-25-18-16-24(17-19-25)22-32-30(27-12-6-2-7-13-27)20-29(26-10-4-1-5-11-26)21-31(32)28-14-8-3-9-15-28/h1-21,33H,22-23H2/q+1. The molecule has 0 unspecified atom stereocenters. The van der Waals surface area contributed by atoms with Crippen molar-refractivity contribution in [3.05, 3.63) is 139 Å². The molecule has 0 aliphatic carbocycles. The predicted octanol–water partition coefficient (Wildman–Crippen LogP) is 6.52. The van der Waals surface area contributed by atoms with E-state index >= 15 is 0 Å². The van der Waals surface area contributed by atoms with Crippen LogP contribution in [0.4, 0.5) is 0 Å². The van der Waals surface area contributed by atoms with Gasteiger partial charge in [0.15, 0.2) is 6.54 Å². The Morgan fingerprint density at radius 1 is 0.455 bits per heavy atom. The van der Waals surface area contributed by atoms with Crippen molar-refractivity contribution in [1.29, 1.82) is 0 Å². The second-order valence-corrected chi connectivity index (χ2v) is 8.17. The topological polar surface area (TPSA) is 24.1 Å². The molecule has 0 atom stereocenters. The molecular formula is C31H26NO+. The van der Waals surface area contributed by atoms with Crippen LogP contribution in [-0.4, -0.2) is 5.11 Å². The van der Waals surface area contributed by atoms with Gasteiger partial charge in [0, 0.05) is 28.8 Å². The van der Waals surface area contributed by atoms with Crippen LogP contribution in [0.3, 0.4) is 0 Å². The molecule has 33 heavy (non-hydrogen) atoms. The highest BCUT2D eigenvalue weighted by Gasteiger charge is 2.23. The molecule has 2 heteroatoms. The first-order valence-corrected chi connectivity index (χ1v) is 11.2. The van der Waals surface area contributed by atoms with Crippen LogP contribution in [0.2, 0.25) is 0 Å². The number of nitrogens with zero attached hydrogens (tertiary/aromatic N) is 1. The van der Waals surface area contributed by atoms with Crippen LogP contribution in [-0.2, 0) is 13.2 Å². The highest BCUT2D eigenvalue weighted by molar-refractivity contribution is 5.73. The van der Waals surface area contributed by atoms with Gasteiger partial charge in [0.1, 0.15) is 0 Å². The predicted molar refractivity (Wildman–Crippen MR) is 134 cm³/mol. The van der Waals surface area contributed by atoms with E-state index in [0.29, 0.717) is 0 Å². The van der Waals surface area contributed by atoms with Crippen LogP contribution >= 0.6 is 0 Å². The molecule has 0 bridgehead atoms. The third-order valence-corrected chi connectivity index (χ3v) is 5.96. The van der Waals surface area contributed by atoms with E-state index in [1.807, 2.05) is 12.1 Å². The van der Waals surface area contributed by atoms with E-state index in [9.17, 15) is 5.11 Å². The number of aliphatic hydroxyl groups excluding tert-OH is 1. The third-order valence-electron chi connectivity index (χ3n) is 5.96. The number of aromatic nitrogens is 1. The molecule has 1 N–H and O–H groups in total. The Labute approximate surface area is 195 Å². The first-order chi connectivity index (χ1) is 16.3. The van der Waals surface area contributed by atoms with Crippen molar-refractivity contribution in [2.24, 2.45) is 0 Å². The SMILES string of the molecule is OCc1ccc(C[n+]2c(-c3ccccc3)cc(-c3ccccc3)cc2-c2ccccc2)cc1. The molecule has 1 heterocycles. The fourth-order valence-corrected chi connectivity index (χ4v) is 4.22. The van der Waals surface area contributed by atoms with Crippen LogP contribution in [0, 0.1) is 0 Å². The van der Waals surface area contributed by atoms with Gasteiger partial charge in [-0.1, -0.05) is 91.0 Å². The van der Waals surface area contributed by atoms with E-state index in [-0.39, 0.29) is 6.61 Å². The molecule has 0 saturated heterocycles. The first kappa shape index (κ1) is 20.9. The zero-order valence-electron chi connectivity index (χ0n) is 18.4. The van der Waals surface area contributed by atoms with Crippen molar-refractivity contribution in [1.82, 2.24) is 0 Å². The van der Waals surface area contributed by atoms with Crippen LogP contribution in [0.25, 0.3) is 33.6 Å². The largest absolute Gasteiger partial charge is 0.392 e. The second-order valence-electron chi connectivity index (χ2n) is 8.17. The quantitative estimate of drug-likeness (QED) is 0.306. The molecule has 0 fully saturated rings. The molecule has 2 nitrogen and oxygen atoms in total. The van der Waals surface area contributed by atoms with E-state index in [0.717, 1.165) is 12.1 Å². The monoisotopic (exact) mass is 428 g/mol. The van der Waals surface area contributed by atoms with Crippen molar-refractivity contribution >= 4 is 0 Å². The zero-order valence-corrected chi connectivity index (χ0v) is 18.4. The lowest BCUT2D eigenvalue weighted by molar-refractivity contribution is -0.666. The normalized spacial score (nSPS) is 10.8. The molecule has 160 valence electrons. The summed E-state index contributed by atoms with van der Waals surface area (Å²) in [5, 5.41) is 9.44. The van der Waals surface area contributed by atoms with Crippen molar-refractivity contribution in [3.63, 3.8) is 0 Å². The summed E-state index contributed by atoms with van der Waals surface area (Å²) >= 11 is 0. The summed E-state index contributed by atoms with van der Waals surface area (Å²) in [6.45, 7) is 0.791. The number of benzene rings is 4. The minimum Gasteiger partial charge on any atom is -0.392 e. The van der Waals surface area contributed by atoms with Gasteiger partial charge in [-0.05, 0) is 41.0 Å². The van der Waals surface area contributed by atoms with E-state index in [2.05, 4.69) is 120 Å². The van der Waals surface area contributed by atoms with Gasteiger partial charge >= 0.3 is 0 Å². The Bertz CT molecular complexity index is 1270. The minimum absolute atomic E-state index is 0.0593.